The molecule has 10 heteroatoms. The van der Waals surface area contributed by atoms with Crippen LogP contribution in [0.3, 0.4) is 0 Å². The normalized spacial score (nSPS) is 20.2. The number of carbonyl (C=O) groups excluding carboxylic acids is 2. The highest BCUT2D eigenvalue weighted by molar-refractivity contribution is 5.81. The van der Waals surface area contributed by atoms with Gasteiger partial charge in [0, 0.05) is 57.4 Å². The molecule has 1 aromatic rings. The molecule has 180 valence electrons. The predicted octanol–water partition coefficient (Wildman–Crippen LogP) is 3.30. The van der Waals surface area contributed by atoms with Crippen LogP contribution >= 0.6 is 0 Å². The van der Waals surface area contributed by atoms with Gasteiger partial charge in [-0.25, -0.2) is 4.79 Å². The molecule has 2 fully saturated rings. The molecule has 7 nitrogen and oxygen atoms in total. The molecule has 2 heterocycles. The molecule has 2 aliphatic heterocycles. The van der Waals surface area contributed by atoms with Gasteiger partial charge in [0.2, 0.25) is 5.91 Å². The molecule has 1 aromatic carbocycles. The molecule has 0 aromatic heterocycles. The highest BCUT2D eigenvalue weighted by Gasteiger charge is 2.52. The van der Waals surface area contributed by atoms with E-state index in [2.05, 4.69) is 5.32 Å². The zero-order valence-electron chi connectivity index (χ0n) is 19.4. The van der Waals surface area contributed by atoms with Crippen molar-refractivity contribution in [3.05, 3.63) is 29.3 Å². The molecular formula is C23H30F3N5O2. The zero-order valence-corrected chi connectivity index (χ0v) is 19.4. The van der Waals surface area contributed by atoms with Crippen LogP contribution in [-0.4, -0.2) is 68.1 Å². The number of halogens is 3. The number of anilines is 1. The highest BCUT2D eigenvalue weighted by atomic mass is 19.4. The SMILES string of the molecule is CC(C)NC(=O)N1CCC2(CC1)CN(c1ccc(C#N)c(C(F)(F)F)c1)CC2C(=O)N(C)C. The second-order valence-electron chi connectivity index (χ2n) is 9.46. The van der Waals surface area contributed by atoms with Gasteiger partial charge >= 0.3 is 12.2 Å². The lowest BCUT2D eigenvalue weighted by Crippen LogP contribution is -2.52. The molecule has 3 amide bonds. The third kappa shape index (κ3) is 5.02. The molecule has 1 atom stereocenters. The van der Waals surface area contributed by atoms with Crippen LogP contribution in [0.15, 0.2) is 18.2 Å². The van der Waals surface area contributed by atoms with Crippen molar-refractivity contribution in [1.82, 2.24) is 15.1 Å². The van der Waals surface area contributed by atoms with Crippen molar-refractivity contribution in [1.29, 1.82) is 5.26 Å². The van der Waals surface area contributed by atoms with Crippen molar-refractivity contribution in [2.75, 3.05) is 45.2 Å². The number of piperidine rings is 1. The first-order valence-corrected chi connectivity index (χ1v) is 11.0. The van der Waals surface area contributed by atoms with E-state index in [-0.39, 0.29) is 18.0 Å². The summed E-state index contributed by atoms with van der Waals surface area (Å²) in [6.07, 6.45) is -3.48. The monoisotopic (exact) mass is 465 g/mol. The Morgan fingerprint density at radius 3 is 2.39 bits per heavy atom. The third-order valence-corrected chi connectivity index (χ3v) is 6.64. The largest absolute Gasteiger partial charge is 0.417 e. The van der Waals surface area contributed by atoms with Crippen molar-refractivity contribution in [3.63, 3.8) is 0 Å². The van der Waals surface area contributed by atoms with Crippen LogP contribution in [0.5, 0.6) is 0 Å². The molecule has 33 heavy (non-hydrogen) atoms. The van der Waals surface area contributed by atoms with Crippen molar-refractivity contribution in [2.45, 2.75) is 38.9 Å². The van der Waals surface area contributed by atoms with Crippen molar-refractivity contribution < 1.29 is 22.8 Å². The molecule has 3 rings (SSSR count). The summed E-state index contributed by atoms with van der Waals surface area (Å²) in [5.41, 5.74) is -1.50. The van der Waals surface area contributed by atoms with E-state index in [1.165, 1.54) is 17.0 Å². The number of nitrogens with zero attached hydrogens (tertiary/aromatic N) is 4. The second-order valence-corrected chi connectivity index (χ2v) is 9.46. The van der Waals surface area contributed by atoms with Gasteiger partial charge in [0.05, 0.1) is 23.1 Å². The fourth-order valence-electron chi connectivity index (χ4n) is 4.88. The summed E-state index contributed by atoms with van der Waals surface area (Å²) in [5, 5.41) is 12.0. The summed E-state index contributed by atoms with van der Waals surface area (Å²) in [6, 6.07) is 5.16. The molecule has 1 N–H and O–H groups in total. The fourth-order valence-corrected chi connectivity index (χ4v) is 4.88. The maximum Gasteiger partial charge on any atom is 0.417 e. The number of likely N-dealkylation sites (tertiary alicyclic amines) is 1. The molecule has 1 unspecified atom stereocenters. The Hall–Kier alpha value is -2.96. The Morgan fingerprint density at radius 1 is 1.24 bits per heavy atom. The molecule has 2 aliphatic rings. The van der Waals surface area contributed by atoms with Crippen LogP contribution in [0.4, 0.5) is 23.7 Å². The molecule has 0 aliphatic carbocycles. The van der Waals surface area contributed by atoms with E-state index in [0.29, 0.717) is 44.7 Å². The Labute approximate surface area is 192 Å². The first-order valence-electron chi connectivity index (χ1n) is 11.0. The summed E-state index contributed by atoms with van der Waals surface area (Å²) >= 11 is 0. The van der Waals surface area contributed by atoms with Gasteiger partial charge in [-0.2, -0.15) is 18.4 Å². The Bertz CT molecular complexity index is 946. The lowest BCUT2D eigenvalue weighted by atomic mass is 9.70. The lowest BCUT2D eigenvalue weighted by molar-refractivity contribution is -0.138. The fraction of sp³-hybridized carbons (Fsp3) is 0.609. The van der Waals surface area contributed by atoms with E-state index in [4.69, 9.17) is 5.26 Å². The van der Waals surface area contributed by atoms with Crippen LogP contribution in [0.2, 0.25) is 0 Å². The summed E-state index contributed by atoms with van der Waals surface area (Å²) < 4.78 is 40.5. The predicted molar refractivity (Wildman–Crippen MR) is 117 cm³/mol. The van der Waals surface area contributed by atoms with E-state index in [1.54, 1.807) is 25.1 Å². The van der Waals surface area contributed by atoms with Gasteiger partial charge in [-0.3, -0.25) is 4.79 Å². The zero-order chi connectivity index (χ0) is 24.6. The first kappa shape index (κ1) is 24.7. The minimum absolute atomic E-state index is 0.0117. The van der Waals surface area contributed by atoms with Crippen LogP contribution in [0.1, 0.15) is 37.8 Å². The van der Waals surface area contributed by atoms with Gasteiger partial charge in [-0.05, 0) is 44.9 Å². The van der Waals surface area contributed by atoms with Crippen molar-refractivity contribution >= 4 is 17.6 Å². The van der Waals surface area contributed by atoms with Crippen molar-refractivity contribution in [3.8, 4) is 6.07 Å². The Morgan fingerprint density at radius 2 is 1.88 bits per heavy atom. The number of benzene rings is 1. The van der Waals surface area contributed by atoms with Gasteiger partial charge in [-0.15, -0.1) is 0 Å². The van der Waals surface area contributed by atoms with Crippen LogP contribution < -0.4 is 10.2 Å². The minimum atomic E-state index is -4.65. The number of nitriles is 1. The first-order chi connectivity index (χ1) is 15.4. The maximum atomic E-state index is 13.5. The average molecular weight is 466 g/mol. The van der Waals surface area contributed by atoms with Crippen LogP contribution in [0, 0.1) is 22.7 Å². The Kier molecular flexibility index (Phi) is 6.82. The maximum absolute atomic E-state index is 13.5. The summed E-state index contributed by atoms with van der Waals surface area (Å²) in [7, 11) is 3.35. The van der Waals surface area contributed by atoms with E-state index in [9.17, 15) is 22.8 Å². The number of carbonyl (C=O) groups is 2. The van der Waals surface area contributed by atoms with Crippen LogP contribution in [-0.2, 0) is 11.0 Å². The van der Waals surface area contributed by atoms with Crippen LogP contribution in [0.25, 0.3) is 0 Å². The van der Waals surface area contributed by atoms with E-state index in [1.807, 2.05) is 18.7 Å². The number of nitrogens with one attached hydrogen (secondary N) is 1. The number of amides is 3. The second kappa shape index (κ2) is 9.12. The van der Waals surface area contributed by atoms with E-state index >= 15 is 0 Å². The number of hydrogen-bond donors (Lipinski definition) is 1. The molecule has 1 spiro atoms. The quantitative estimate of drug-likeness (QED) is 0.743. The molecule has 0 radical (unpaired) electrons. The van der Waals surface area contributed by atoms with Gasteiger partial charge in [0.15, 0.2) is 0 Å². The number of alkyl halides is 3. The Balaban J connectivity index is 1.88. The average Bonchev–Trinajstić information content (AvgIpc) is 3.10. The van der Waals surface area contributed by atoms with Crippen molar-refractivity contribution in [2.24, 2.45) is 11.3 Å². The topological polar surface area (TPSA) is 79.7 Å². The standard InChI is InChI=1S/C23H30F3N5O2/c1-15(2)28-21(33)30-9-7-22(8-10-30)14-31(13-19(22)20(32)29(3)4)17-6-5-16(12-27)18(11-17)23(24,25)26/h5-6,11,15,19H,7-10,13-14H2,1-4H3,(H,28,33). The molecule has 0 saturated carbocycles. The van der Waals surface area contributed by atoms with E-state index in [0.717, 1.165) is 6.07 Å². The number of urea groups is 1. The van der Waals surface area contributed by atoms with Gasteiger partial charge in [0.1, 0.15) is 0 Å². The molecule has 2 saturated heterocycles. The lowest BCUT2D eigenvalue weighted by Gasteiger charge is -2.42. The summed E-state index contributed by atoms with van der Waals surface area (Å²) in [4.78, 5) is 30.5. The number of hydrogen-bond acceptors (Lipinski definition) is 4. The smallest absolute Gasteiger partial charge is 0.370 e. The van der Waals surface area contributed by atoms with Gasteiger partial charge in [0.25, 0.3) is 0 Å². The third-order valence-electron chi connectivity index (χ3n) is 6.64. The van der Waals surface area contributed by atoms with Gasteiger partial charge < -0.3 is 20.0 Å². The summed E-state index contributed by atoms with van der Waals surface area (Å²) in [5.74, 6) is -0.463. The molecular weight excluding hydrogens is 435 g/mol. The highest BCUT2D eigenvalue weighted by Crippen LogP contribution is 2.47. The number of rotatable bonds is 3. The minimum Gasteiger partial charge on any atom is -0.370 e. The van der Waals surface area contributed by atoms with E-state index < -0.39 is 28.6 Å². The van der Waals surface area contributed by atoms with Gasteiger partial charge in [-0.1, -0.05) is 0 Å². The molecule has 0 bridgehead atoms. The summed E-state index contributed by atoms with van der Waals surface area (Å²) in [6.45, 7) is 5.43.